The Labute approximate surface area is 106 Å². The van der Waals surface area contributed by atoms with Gasteiger partial charge in [0, 0.05) is 19.0 Å². The van der Waals surface area contributed by atoms with E-state index in [0.29, 0.717) is 24.3 Å². The minimum absolute atomic E-state index is 0.202. The predicted molar refractivity (Wildman–Crippen MR) is 71.8 cm³/mol. The van der Waals surface area contributed by atoms with Crippen LogP contribution in [0.25, 0.3) is 0 Å². The molecule has 3 nitrogen and oxygen atoms in total. The van der Waals surface area contributed by atoms with E-state index < -0.39 is 0 Å². The van der Waals surface area contributed by atoms with Gasteiger partial charge in [0.05, 0.1) is 0 Å². The van der Waals surface area contributed by atoms with Crippen molar-refractivity contribution >= 4 is 5.91 Å². The van der Waals surface area contributed by atoms with Gasteiger partial charge in [0.1, 0.15) is 0 Å². The molecule has 0 aromatic carbocycles. The maximum atomic E-state index is 11.9. The summed E-state index contributed by atoms with van der Waals surface area (Å²) in [6.07, 6.45) is 1.73. The van der Waals surface area contributed by atoms with Gasteiger partial charge in [-0.15, -0.1) is 0 Å². The molecule has 3 atom stereocenters. The molecule has 0 bridgehead atoms. The number of hydrogen-bond donors (Lipinski definition) is 2. The molecule has 0 saturated carbocycles. The van der Waals surface area contributed by atoms with Gasteiger partial charge in [0.15, 0.2) is 0 Å². The smallest absolute Gasteiger partial charge is 0.220 e. The van der Waals surface area contributed by atoms with E-state index in [4.69, 9.17) is 0 Å². The molecular formula is C14H28N2O. The molecule has 17 heavy (non-hydrogen) atoms. The molecule has 3 heteroatoms. The predicted octanol–water partition coefficient (Wildman–Crippen LogP) is 2.17. The molecule has 1 heterocycles. The van der Waals surface area contributed by atoms with Crippen LogP contribution in [-0.2, 0) is 4.79 Å². The van der Waals surface area contributed by atoms with Crippen LogP contribution >= 0.6 is 0 Å². The third kappa shape index (κ3) is 5.07. The number of carbonyl (C=O) groups is 1. The van der Waals surface area contributed by atoms with E-state index in [2.05, 4.69) is 45.3 Å². The normalized spacial score (nSPS) is 27.6. The highest BCUT2D eigenvalue weighted by Crippen LogP contribution is 2.27. The molecular weight excluding hydrogens is 212 g/mol. The third-order valence-electron chi connectivity index (χ3n) is 3.91. The first-order valence-corrected chi connectivity index (χ1v) is 6.79. The summed E-state index contributed by atoms with van der Waals surface area (Å²) < 4.78 is 0. The molecule has 3 unspecified atom stereocenters. The minimum atomic E-state index is 0.202. The highest BCUT2D eigenvalue weighted by molar-refractivity contribution is 5.76. The van der Waals surface area contributed by atoms with Crippen LogP contribution in [0.3, 0.4) is 0 Å². The van der Waals surface area contributed by atoms with Crippen LogP contribution in [0.4, 0.5) is 0 Å². The maximum Gasteiger partial charge on any atom is 0.220 e. The summed E-state index contributed by atoms with van der Waals surface area (Å²) in [4.78, 5) is 11.9. The van der Waals surface area contributed by atoms with E-state index >= 15 is 0 Å². The van der Waals surface area contributed by atoms with Gasteiger partial charge in [-0.2, -0.15) is 0 Å². The lowest BCUT2D eigenvalue weighted by Crippen LogP contribution is -2.48. The lowest BCUT2D eigenvalue weighted by Gasteiger charge is -2.30. The van der Waals surface area contributed by atoms with Gasteiger partial charge in [-0.25, -0.2) is 0 Å². The second-order valence-corrected chi connectivity index (χ2v) is 6.73. The average molecular weight is 240 g/mol. The summed E-state index contributed by atoms with van der Waals surface area (Å²) in [5, 5.41) is 6.51. The van der Waals surface area contributed by atoms with E-state index in [0.717, 1.165) is 19.5 Å². The Hall–Kier alpha value is -0.570. The fourth-order valence-corrected chi connectivity index (χ4v) is 2.14. The van der Waals surface area contributed by atoms with E-state index in [9.17, 15) is 4.79 Å². The summed E-state index contributed by atoms with van der Waals surface area (Å²) in [6, 6.07) is 0.318. The second-order valence-electron chi connectivity index (χ2n) is 6.73. The monoisotopic (exact) mass is 240 g/mol. The molecule has 1 amide bonds. The number of hydrogen-bond acceptors (Lipinski definition) is 2. The second kappa shape index (κ2) is 5.85. The van der Waals surface area contributed by atoms with Crippen molar-refractivity contribution in [3.63, 3.8) is 0 Å². The van der Waals surface area contributed by atoms with Crippen molar-refractivity contribution in [1.29, 1.82) is 0 Å². The lowest BCUT2D eigenvalue weighted by molar-refractivity contribution is -0.123. The van der Waals surface area contributed by atoms with Crippen molar-refractivity contribution in [2.45, 2.75) is 53.5 Å². The zero-order chi connectivity index (χ0) is 13.1. The fourth-order valence-electron chi connectivity index (χ4n) is 2.14. The SMILES string of the molecule is CC1CNCC(NC(=O)CC(C)C(C)(C)C)C1. The molecule has 1 saturated heterocycles. The fraction of sp³-hybridized carbons (Fsp3) is 0.929. The van der Waals surface area contributed by atoms with Gasteiger partial charge in [-0.05, 0) is 30.2 Å². The molecule has 0 aromatic heterocycles. The van der Waals surface area contributed by atoms with Crippen molar-refractivity contribution < 1.29 is 4.79 Å². The standard InChI is InChI=1S/C14H28N2O/c1-10-6-12(9-15-8-10)16-13(17)7-11(2)14(3,4)5/h10-12,15H,6-9H2,1-5H3,(H,16,17). The van der Waals surface area contributed by atoms with Gasteiger partial charge in [0.2, 0.25) is 5.91 Å². The summed E-state index contributed by atoms with van der Waals surface area (Å²) >= 11 is 0. The van der Waals surface area contributed by atoms with E-state index in [-0.39, 0.29) is 11.3 Å². The van der Waals surface area contributed by atoms with Crippen LogP contribution < -0.4 is 10.6 Å². The Morgan fingerprint density at radius 2 is 2.06 bits per heavy atom. The van der Waals surface area contributed by atoms with Crippen molar-refractivity contribution in [2.75, 3.05) is 13.1 Å². The maximum absolute atomic E-state index is 11.9. The first-order valence-electron chi connectivity index (χ1n) is 6.79. The van der Waals surface area contributed by atoms with Crippen molar-refractivity contribution in [2.24, 2.45) is 17.3 Å². The Bertz CT molecular complexity index is 257. The first kappa shape index (κ1) is 14.5. The number of rotatable bonds is 3. The summed E-state index contributed by atoms with van der Waals surface area (Å²) in [6.45, 7) is 12.9. The van der Waals surface area contributed by atoms with Gasteiger partial charge in [-0.3, -0.25) is 4.79 Å². The minimum Gasteiger partial charge on any atom is -0.352 e. The Morgan fingerprint density at radius 3 is 2.59 bits per heavy atom. The van der Waals surface area contributed by atoms with Gasteiger partial charge < -0.3 is 10.6 Å². The van der Waals surface area contributed by atoms with Gasteiger partial charge in [0.25, 0.3) is 0 Å². The quantitative estimate of drug-likeness (QED) is 0.794. The zero-order valence-corrected chi connectivity index (χ0v) is 12.0. The van der Waals surface area contributed by atoms with Crippen molar-refractivity contribution in [3.8, 4) is 0 Å². The molecule has 1 rings (SSSR count). The largest absolute Gasteiger partial charge is 0.352 e. The molecule has 0 aliphatic carbocycles. The number of nitrogens with one attached hydrogen (secondary N) is 2. The Kier molecular flexibility index (Phi) is 4.99. The van der Waals surface area contributed by atoms with Crippen LogP contribution in [-0.4, -0.2) is 25.0 Å². The Morgan fingerprint density at radius 1 is 1.41 bits per heavy atom. The lowest BCUT2D eigenvalue weighted by atomic mass is 9.80. The van der Waals surface area contributed by atoms with E-state index in [1.807, 2.05) is 0 Å². The molecule has 1 aliphatic rings. The average Bonchev–Trinajstić information content (AvgIpc) is 2.15. The summed E-state index contributed by atoms with van der Waals surface area (Å²) in [7, 11) is 0. The highest BCUT2D eigenvalue weighted by atomic mass is 16.1. The molecule has 100 valence electrons. The molecule has 0 radical (unpaired) electrons. The highest BCUT2D eigenvalue weighted by Gasteiger charge is 2.25. The molecule has 2 N–H and O–H groups in total. The van der Waals surface area contributed by atoms with E-state index in [1.165, 1.54) is 0 Å². The van der Waals surface area contributed by atoms with Gasteiger partial charge >= 0.3 is 0 Å². The van der Waals surface area contributed by atoms with Crippen LogP contribution in [0.5, 0.6) is 0 Å². The molecule has 1 aliphatic heterocycles. The summed E-state index contributed by atoms with van der Waals surface area (Å²) in [5.41, 5.74) is 0.204. The number of amides is 1. The topological polar surface area (TPSA) is 41.1 Å². The molecule has 0 spiro atoms. The van der Waals surface area contributed by atoms with Crippen LogP contribution in [0.15, 0.2) is 0 Å². The first-order chi connectivity index (χ1) is 7.79. The van der Waals surface area contributed by atoms with Crippen LogP contribution in [0.2, 0.25) is 0 Å². The molecule has 1 fully saturated rings. The Balaban J connectivity index is 2.34. The van der Waals surface area contributed by atoms with Crippen LogP contribution in [0.1, 0.15) is 47.5 Å². The zero-order valence-electron chi connectivity index (χ0n) is 12.0. The molecule has 0 aromatic rings. The van der Waals surface area contributed by atoms with E-state index in [1.54, 1.807) is 0 Å². The van der Waals surface area contributed by atoms with Gasteiger partial charge in [-0.1, -0.05) is 34.6 Å². The summed E-state index contributed by atoms with van der Waals surface area (Å²) in [5.74, 6) is 1.28. The number of carbonyl (C=O) groups excluding carboxylic acids is 1. The third-order valence-corrected chi connectivity index (χ3v) is 3.91. The van der Waals surface area contributed by atoms with Crippen LogP contribution in [0, 0.1) is 17.3 Å². The number of piperidine rings is 1. The van der Waals surface area contributed by atoms with Crippen molar-refractivity contribution in [3.05, 3.63) is 0 Å². The van der Waals surface area contributed by atoms with Crippen molar-refractivity contribution in [1.82, 2.24) is 10.6 Å².